The van der Waals surface area contributed by atoms with Gasteiger partial charge in [-0.2, -0.15) is 9.78 Å². The number of nitrogens with zero attached hydrogens (tertiary/aromatic N) is 2. The van der Waals surface area contributed by atoms with Gasteiger partial charge in [0.15, 0.2) is 0 Å². The van der Waals surface area contributed by atoms with Crippen LogP contribution in [0, 0.1) is 3.57 Å². The van der Waals surface area contributed by atoms with E-state index in [9.17, 15) is 13.2 Å². The van der Waals surface area contributed by atoms with Crippen molar-refractivity contribution in [1.29, 1.82) is 0 Å². The molecule has 0 aliphatic rings. The Bertz CT molecular complexity index is 283. The van der Waals surface area contributed by atoms with Gasteiger partial charge >= 0.3 is 6.30 Å². The summed E-state index contributed by atoms with van der Waals surface area (Å²) in [5.41, 5.74) is 0.0351. The summed E-state index contributed by atoms with van der Waals surface area (Å²) >= 11 is 1.68. The van der Waals surface area contributed by atoms with E-state index in [1.807, 2.05) is 0 Å². The van der Waals surface area contributed by atoms with Crippen molar-refractivity contribution in [2.24, 2.45) is 0 Å². The van der Waals surface area contributed by atoms with E-state index in [0.29, 0.717) is 3.57 Å². The van der Waals surface area contributed by atoms with E-state index in [-0.39, 0.29) is 10.4 Å². The predicted octanol–water partition coefficient (Wildman–Crippen LogP) is 1.46. The van der Waals surface area contributed by atoms with Gasteiger partial charge in [-0.15, -0.1) is 13.2 Å². The lowest BCUT2D eigenvalue weighted by atomic mass is 10.5. The molecular weight excluding hydrogens is 288 g/mol. The molecule has 0 radical (unpaired) electrons. The van der Waals surface area contributed by atoms with E-state index in [4.69, 9.17) is 5.11 Å². The number of halogens is 4. The maximum Gasteiger partial charge on any atom is 0.504 e. The second-order valence-corrected chi connectivity index (χ2v) is 3.16. The van der Waals surface area contributed by atoms with Gasteiger partial charge in [-0.25, -0.2) is 0 Å². The molecule has 68 valence electrons. The molecule has 0 atom stereocenters. The summed E-state index contributed by atoms with van der Waals surface area (Å²) in [4.78, 5) is 0. The van der Waals surface area contributed by atoms with Gasteiger partial charge in [-0.1, -0.05) is 0 Å². The fourth-order valence-corrected chi connectivity index (χ4v) is 1.17. The Morgan fingerprint density at radius 2 is 2.17 bits per heavy atom. The summed E-state index contributed by atoms with van der Waals surface area (Å²) in [5, 5.41) is 11.7. The summed E-state index contributed by atoms with van der Waals surface area (Å²) in [6.07, 6.45) is -3.68. The highest BCUT2D eigenvalue weighted by molar-refractivity contribution is 14.1. The highest BCUT2D eigenvalue weighted by Gasteiger charge is 2.32. The molecule has 0 unspecified atom stereocenters. The second kappa shape index (κ2) is 3.21. The minimum Gasteiger partial charge on any atom is -0.390 e. The Hall–Kier alpha value is -0.310. The first kappa shape index (κ1) is 9.78. The first-order valence-corrected chi connectivity index (χ1v) is 3.95. The average molecular weight is 292 g/mol. The maximum absolute atomic E-state index is 11.9. The molecular formula is C5H4F3IN2O. The van der Waals surface area contributed by atoms with Gasteiger partial charge in [0, 0.05) is 6.20 Å². The van der Waals surface area contributed by atoms with Crippen molar-refractivity contribution < 1.29 is 18.3 Å². The molecule has 0 saturated carbocycles. The Kier molecular flexibility index (Phi) is 2.61. The number of rotatable bonds is 1. The Morgan fingerprint density at radius 1 is 1.58 bits per heavy atom. The molecule has 3 nitrogen and oxygen atoms in total. The highest BCUT2D eigenvalue weighted by atomic mass is 127. The number of hydrogen-bond acceptors (Lipinski definition) is 2. The Balaban J connectivity index is 3.05. The Labute approximate surface area is 79.3 Å². The lowest BCUT2D eigenvalue weighted by Gasteiger charge is -2.03. The van der Waals surface area contributed by atoms with Crippen LogP contribution in [0.5, 0.6) is 0 Å². The van der Waals surface area contributed by atoms with Crippen molar-refractivity contribution in [2.45, 2.75) is 12.9 Å². The molecule has 0 spiro atoms. The van der Waals surface area contributed by atoms with Gasteiger partial charge in [-0.05, 0) is 22.6 Å². The van der Waals surface area contributed by atoms with Crippen molar-refractivity contribution in [3.63, 3.8) is 0 Å². The van der Waals surface area contributed by atoms with Gasteiger partial charge in [0.25, 0.3) is 0 Å². The summed E-state index contributed by atoms with van der Waals surface area (Å²) in [7, 11) is 0. The molecule has 1 rings (SSSR count). The standard InChI is InChI=1S/C5H4F3IN2O/c6-5(7,8)11-1-3(9)4(2-12)10-11/h1,12H,2H2. The van der Waals surface area contributed by atoms with Gasteiger partial charge in [-0.3, -0.25) is 0 Å². The molecule has 1 heterocycles. The van der Waals surface area contributed by atoms with E-state index in [2.05, 4.69) is 5.10 Å². The molecule has 0 aromatic carbocycles. The number of aliphatic hydroxyl groups is 1. The van der Waals surface area contributed by atoms with Crippen LogP contribution in [0.1, 0.15) is 5.69 Å². The van der Waals surface area contributed by atoms with Crippen LogP contribution in [0.3, 0.4) is 0 Å². The van der Waals surface area contributed by atoms with Crippen LogP contribution in [0.4, 0.5) is 13.2 Å². The fraction of sp³-hybridized carbons (Fsp3) is 0.400. The first-order valence-electron chi connectivity index (χ1n) is 2.87. The zero-order valence-electron chi connectivity index (χ0n) is 5.64. The Morgan fingerprint density at radius 3 is 2.42 bits per heavy atom. The van der Waals surface area contributed by atoms with Crippen LogP contribution in [-0.4, -0.2) is 14.9 Å². The monoisotopic (exact) mass is 292 g/mol. The number of alkyl halides is 3. The van der Waals surface area contributed by atoms with Gasteiger partial charge < -0.3 is 5.11 Å². The topological polar surface area (TPSA) is 38.1 Å². The van der Waals surface area contributed by atoms with Crippen LogP contribution < -0.4 is 0 Å². The quantitative estimate of drug-likeness (QED) is 0.796. The molecule has 0 fully saturated rings. The van der Waals surface area contributed by atoms with Crippen LogP contribution >= 0.6 is 22.6 Å². The molecule has 1 N–H and O–H groups in total. The summed E-state index contributed by atoms with van der Waals surface area (Å²) in [6, 6.07) is 0. The second-order valence-electron chi connectivity index (χ2n) is 1.99. The SMILES string of the molecule is OCc1nn(C(F)(F)F)cc1I. The van der Waals surface area contributed by atoms with E-state index >= 15 is 0 Å². The van der Waals surface area contributed by atoms with Crippen molar-refractivity contribution >= 4 is 22.6 Å². The third kappa shape index (κ3) is 1.89. The molecule has 0 bridgehead atoms. The van der Waals surface area contributed by atoms with Gasteiger partial charge in [0.1, 0.15) is 5.69 Å². The maximum atomic E-state index is 11.9. The molecule has 0 aliphatic carbocycles. The molecule has 12 heavy (non-hydrogen) atoms. The summed E-state index contributed by atoms with van der Waals surface area (Å²) in [6.45, 7) is -0.485. The van der Waals surface area contributed by atoms with Gasteiger partial charge in [0.2, 0.25) is 0 Å². The van der Waals surface area contributed by atoms with Crippen molar-refractivity contribution in [2.75, 3.05) is 0 Å². The van der Waals surface area contributed by atoms with Crippen LogP contribution in [0.15, 0.2) is 6.20 Å². The smallest absolute Gasteiger partial charge is 0.390 e. The van der Waals surface area contributed by atoms with Crippen LogP contribution in [0.2, 0.25) is 0 Å². The summed E-state index contributed by atoms with van der Waals surface area (Å²) < 4.78 is 36.0. The fourth-order valence-electron chi connectivity index (χ4n) is 0.626. The third-order valence-corrected chi connectivity index (χ3v) is 2.05. The van der Waals surface area contributed by atoms with E-state index in [1.165, 1.54) is 0 Å². The molecule has 1 aromatic heterocycles. The lowest BCUT2D eigenvalue weighted by molar-refractivity contribution is -0.212. The normalized spacial score (nSPS) is 12.1. The van der Waals surface area contributed by atoms with Crippen LogP contribution in [-0.2, 0) is 12.9 Å². The van der Waals surface area contributed by atoms with Crippen molar-refractivity contribution in [3.05, 3.63) is 15.5 Å². The van der Waals surface area contributed by atoms with Crippen molar-refractivity contribution in [3.8, 4) is 0 Å². The minimum absolute atomic E-state index is 0.0351. The average Bonchev–Trinajstić information content (AvgIpc) is 2.29. The molecule has 7 heteroatoms. The van der Waals surface area contributed by atoms with Crippen LogP contribution in [0.25, 0.3) is 0 Å². The predicted molar refractivity (Wildman–Crippen MR) is 42.2 cm³/mol. The largest absolute Gasteiger partial charge is 0.504 e. The number of hydrogen-bond donors (Lipinski definition) is 1. The lowest BCUT2D eigenvalue weighted by Crippen LogP contribution is -2.17. The summed E-state index contributed by atoms with van der Waals surface area (Å²) in [5.74, 6) is 0. The highest BCUT2D eigenvalue weighted by Crippen LogP contribution is 2.23. The minimum atomic E-state index is -4.51. The third-order valence-electron chi connectivity index (χ3n) is 1.15. The molecule has 0 saturated heterocycles. The molecule has 0 aliphatic heterocycles. The molecule has 1 aromatic rings. The van der Waals surface area contributed by atoms with E-state index in [0.717, 1.165) is 6.20 Å². The zero-order valence-corrected chi connectivity index (χ0v) is 7.80. The van der Waals surface area contributed by atoms with E-state index in [1.54, 1.807) is 22.6 Å². The van der Waals surface area contributed by atoms with Gasteiger partial charge in [0.05, 0.1) is 10.2 Å². The molecule has 0 amide bonds. The first-order chi connectivity index (χ1) is 5.45. The van der Waals surface area contributed by atoms with Crippen molar-refractivity contribution in [1.82, 2.24) is 9.78 Å². The zero-order chi connectivity index (χ0) is 9.35. The van der Waals surface area contributed by atoms with E-state index < -0.39 is 12.9 Å². The number of aliphatic hydroxyl groups excluding tert-OH is 1. The number of aromatic nitrogens is 2.